The van der Waals surface area contributed by atoms with E-state index in [9.17, 15) is 14.7 Å². The van der Waals surface area contributed by atoms with Gasteiger partial charge in [-0.15, -0.1) is 0 Å². The highest BCUT2D eigenvalue weighted by atomic mass is 16.5. The minimum atomic E-state index is -1.05. The molecule has 0 aliphatic rings. The third-order valence-electron chi connectivity index (χ3n) is 5.97. The zero-order chi connectivity index (χ0) is 27.1. The molecule has 0 aliphatic heterocycles. The lowest BCUT2D eigenvalue weighted by Crippen LogP contribution is -2.09. The van der Waals surface area contributed by atoms with Gasteiger partial charge < -0.3 is 24.1 Å². The molecule has 1 rings (SSSR count). The molecule has 1 aromatic carbocycles. The molecule has 210 valence electrons. The zero-order valence-electron chi connectivity index (χ0n) is 23.1. The maximum Gasteiger partial charge on any atom is 0.335 e. The molecule has 1 N–H and O–H groups in total. The number of carbonyl (C=O) groups excluding carboxylic acids is 1. The molecule has 0 spiro atoms. The van der Waals surface area contributed by atoms with Gasteiger partial charge in [0.15, 0.2) is 11.5 Å². The van der Waals surface area contributed by atoms with Crippen LogP contribution in [0.5, 0.6) is 17.2 Å². The second-order valence-electron chi connectivity index (χ2n) is 9.27. The molecule has 0 bridgehead atoms. The Labute approximate surface area is 223 Å². The second kappa shape index (κ2) is 21.4. The standard InChI is InChI=1S/C30H48O7/c1-4-7-9-11-13-15-19-34-26-23-25(30(32)33)24-27(35-20-17-18-21-36-28(31)6-3)29(26)37-22-16-14-12-10-8-5-2/h6,23-24H,3-5,7-22H2,1-2H3,(H,32,33). The van der Waals surface area contributed by atoms with Crippen LogP contribution in [0.25, 0.3) is 0 Å². The summed E-state index contributed by atoms with van der Waals surface area (Å²) in [4.78, 5) is 22.9. The molecule has 0 unspecified atom stereocenters. The zero-order valence-corrected chi connectivity index (χ0v) is 23.1. The maximum absolute atomic E-state index is 11.8. The Hall–Kier alpha value is -2.70. The van der Waals surface area contributed by atoms with Crippen LogP contribution in [0.3, 0.4) is 0 Å². The predicted octanol–water partition coefficient (Wildman–Crippen LogP) is 7.75. The van der Waals surface area contributed by atoms with Crippen molar-refractivity contribution < 1.29 is 33.6 Å². The van der Waals surface area contributed by atoms with Crippen molar-refractivity contribution in [2.75, 3.05) is 26.4 Å². The van der Waals surface area contributed by atoms with Gasteiger partial charge in [-0.3, -0.25) is 0 Å². The second-order valence-corrected chi connectivity index (χ2v) is 9.27. The summed E-state index contributed by atoms with van der Waals surface area (Å²) < 4.78 is 23.1. The summed E-state index contributed by atoms with van der Waals surface area (Å²) in [5, 5.41) is 9.64. The van der Waals surface area contributed by atoms with Gasteiger partial charge in [-0.2, -0.15) is 0 Å². The Morgan fingerprint density at radius 2 is 1.14 bits per heavy atom. The van der Waals surface area contributed by atoms with Crippen LogP contribution >= 0.6 is 0 Å². The van der Waals surface area contributed by atoms with E-state index in [1.54, 1.807) is 0 Å². The predicted molar refractivity (Wildman–Crippen MR) is 147 cm³/mol. The van der Waals surface area contributed by atoms with E-state index in [1.165, 1.54) is 63.5 Å². The molecular formula is C30H48O7. The van der Waals surface area contributed by atoms with Gasteiger partial charge in [0.2, 0.25) is 5.75 Å². The number of carbonyl (C=O) groups is 2. The van der Waals surface area contributed by atoms with Crippen molar-refractivity contribution in [3.05, 3.63) is 30.4 Å². The first-order chi connectivity index (χ1) is 18.0. The fraction of sp³-hybridized carbons (Fsp3) is 0.667. The Morgan fingerprint density at radius 1 is 0.703 bits per heavy atom. The van der Waals surface area contributed by atoms with Gasteiger partial charge in [-0.1, -0.05) is 84.6 Å². The molecule has 37 heavy (non-hydrogen) atoms. The van der Waals surface area contributed by atoms with Crippen molar-refractivity contribution in [2.45, 2.75) is 104 Å². The first kappa shape index (κ1) is 32.3. The summed E-state index contributed by atoms with van der Waals surface area (Å²) in [6.45, 7) is 9.39. The molecule has 0 heterocycles. The molecule has 0 radical (unpaired) electrons. The summed E-state index contributed by atoms with van der Waals surface area (Å²) in [5.41, 5.74) is 0.0970. The summed E-state index contributed by atoms with van der Waals surface area (Å²) in [6.07, 6.45) is 16.1. The van der Waals surface area contributed by atoms with Gasteiger partial charge >= 0.3 is 11.9 Å². The van der Waals surface area contributed by atoms with Crippen molar-refractivity contribution in [2.24, 2.45) is 0 Å². The largest absolute Gasteiger partial charge is 0.490 e. The number of benzene rings is 1. The van der Waals surface area contributed by atoms with Crippen molar-refractivity contribution in [1.29, 1.82) is 0 Å². The Bertz CT molecular complexity index is 775. The fourth-order valence-electron chi connectivity index (χ4n) is 3.80. The summed E-state index contributed by atoms with van der Waals surface area (Å²) in [5.74, 6) is -0.260. The minimum absolute atomic E-state index is 0.0970. The highest BCUT2D eigenvalue weighted by molar-refractivity contribution is 5.89. The van der Waals surface area contributed by atoms with Gasteiger partial charge in [0.05, 0.1) is 32.0 Å². The summed E-state index contributed by atoms with van der Waals surface area (Å²) in [7, 11) is 0. The first-order valence-electron chi connectivity index (χ1n) is 14.1. The average molecular weight is 521 g/mol. The SMILES string of the molecule is C=CC(=O)OCCCCOc1cc(C(=O)O)cc(OCCCCCCCC)c1OCCCCCCCC. The van der Waals surface area contributed by atoms with E-state index >= 15 is 0 Å². The van der Waals surface area contributed by atoms with Crippen molar-refractivity contribution in [3.63, 3.8) is 0 Å². The van der Waals surface area contributed by atoms with Crippen LogP contribution in [0, 0.1) is 0 Å². The van der Waals surface area contributed by atoms with Gasteiger partial charge in [-0.05, 0) is 37.8 Å². The smallest absolute Gasteiger partial charge is 0.335 e. The highest BCUT2D eigenvalue weighted by Gasteiger charge is 2.19. The molecule has 7 nitrogen and oxygen atoms in total. The normalized spacial score (nSPS) is 10.6. The van der Waals surface area contributed by atoms with E-state index in [0.29, 0.717) is 49.9 Å². The molecular weight excluding hydrogens is 472 g/mol. The highest BCUT2D eigenvalue weighted by Crippen LogP contribution is 2.39. The molecule has 0 aromatic heterocycles. The molecule has 1 aromatic rings. The van der Waals surface area contributed by atoms with Gasteiger partial charge in [-0.25, -0.2) is 9.59 Å². The Balaban J connectivity index is 2.81. The molecule has 7 heteroatoms. The van der Waals surface area contributed by atoms with Crippen LogP contribution in [0.4, 0.5) is 0 Å². The molecule has 0 atom stereocenters. The number of unbranched alkanes of at least 4 members (excludes halogenated alkanes) is 11. The number of hydrogen-bond acceptors (Lipinski definition) is 6. The Kier molecular flexibility index (Phi) is 18.7. The van der Waals surface area contributed by atoms with Crippen molar-refractivity contribution >= 4 is 11.9 Å². The van der Waals surface area contributed by atoms with E-state index < -0.39 is 11.9 Å². The van der Waals surface area contributed by atoms with E-state index in [-0.39, 0.29) is 12.2 Å². The number of carboxylic acid groups (broad SMARTS) is 1. The maximum atomic E-state index is 11.8. The van der Waals surface area contributed by atoms with Crippen LogP contribution in [-0.4, -0.2) is 43.5 Å². The van der Waals surface area contributed by atoms with Gasteiger partial charge in [0, 0.05) is 6.08 Å². The summed E-state index contributed by atoms with van der Waals surface area (Å²) in [6, 6.07) is 3.02. The molecule has 0 saturated carbocycles. The van der Waals surface area contributed by atoms with Gasteiger partial charge in [0.1, 0.15) is 0 Å². The quantitative estimate of drug-likeness (QED) is 0.0846. The molecule has 0 fully saturated rings. The molecule has 0 saturated heterocycles. The lowest BCUT2D eigenvalue weighted by molar-refractivity contribution is -0.137. The topological polar surface area (TPSA) is 91.3 Å². The third-order valence-corrected chi connectivity index (χ3v) is 5.97. The van der Waals surface area contributed by atoms with Crippen LogP contribution in [0.1, 0.15) is 114 Å². The van der Waals surface area contributed by atoms with Crippen LogP contribution < -0.4 is 14.2 Å². The average Bonchev–Trinajstić information content (AvgIpc) is 2.89. The van der Waals surface area contributed by atoms with E-state index in [1.807, 2.05) is 0 Å². The molecule has 0 aliphatic carbocycles. The van der Waals surface area contributed by atoms with Crippen molar-refractivity contribution in [3.8, 4) is 17.2 Å². The Morgan fingerprint density at radius 3 is 1.62 bits per heavy atom. The van der Waals surface area contributed by atoms with Gasteiger partial charge in [0.25, 0.3) is 0 Å². The van der Waals surface area contributed by atoms with Crippen molar-refractivity contribution in [1.82, 2.24) is 0 Å². The number of ether oxygens (including phenoxy) is 4. The van der Waals surface area contributed by atoms with E-state index in [4.69, 9.17) is 18.9 Å². The fourth-order valence-corrected chi connectivity index (χ4v) is 3.80. The van der Waals surface area contributed by atoms with Crippen LogP contribution in [0.15, 0.2) is 24.8 Å². The lowest BCUT2D eigenvalue weighted by Gasteiger charge is -2.18. The number of hydrogen-bond donors (Lipinski definition) is 1. The van der Waals surface area contributed by atoms with Crippen LogP contribution in [0.2, 0.25) is 0 Å². The monoisotopic (exact) mass is 520 g/mol. The number of esters is 1. The number of rotatable bonds is 24. The van der Waals surface area contributed by atoms with E-state index in [2.05, 4.69) is 20.4 Å². The summed E-state index contributed by atoms with van der Waals surface area (Å²) >= 11 is 0. The third kappa shape index (κ3) is 15.2. The minimum Gasteiger partial charge on any atom is -0.490 e. The number of aromatic carboxylic acids is 1. The van der Waals surface area contributed by atoms with E-state index in [0.717, 1.165) is 31.8 Å². The van der Waals surface area contributed by atoms with Crippen LogP contribution in [-0.2, 0) is 9.53 Å². The first-order valence-corrected chi connectivity index (χ1v) is 14.1. The molecule has 0 amide bonds. The lowest BCUT2D eigenvalue weighted by atomic mass is 10.1. The number of carboxylic acids is 1.